The minimum absolute atomic E-state index is 0.146. The Hall–Kier alpha value is -1.10. The van der Waals surface area contributed by atoms with Gasteiger partial charge < -0.3 is 10.0 Å². The molecule has 4 nitrogen and oxygen atoms in total. The number of hydrogen-bond acceptors (Lipinski definition) is 2. The van der Waals surface area contributed by atoms with Crippen molar-refractivity contribution in [3.05, 3.63) is 28.5 Å². The number of carboxylic acid groups (broad SMARTS) is 1. The van der Waals surface area contributed by atoms with Crippen LogP contribution in [0, 0.1) is 0 Å². The van der Waals surface area contributed by atoms with Crippen LogP contribution in [-0.4, -0.2) is 34.2 Å². The van der Waals surface area contributed by atoms with E-state index in [1.165, 1.54) is 4.90 Å². The predicted octanol–water partition coefficient (Wildman–Crippen LogP) is 2.70. The van der Waals surface area contributed by atoms with Crippen LogP contribution in [0.5, 0.6) is 0 Å². The van der Waals surface area contributed by atoms with E-state index in [0.29, 0.717) is 5.92 Å². The summed E-state index contributed by atoms with van der Waals surface area (Å²) in [6.07, 6.45) is 2.67. The monoisotopic (exact) mass is 284 g/mol. The summed E-state index contributed by atoms with van der Waals surface area (Å²) < 4.78 is 0.967. The van der Waals surface area contributed by atoms with Gasteiger partial charge in [-0.05, 0) is 40.9 Å². The first kappa shape index (κ1) is 11.4. The number of pyridine rings is 1. The molecule has 86 valence electrons. The second-order valence-electron chi connectivity index (χ2n) is 4.12. The Labute approximate surface area is 102 Å². The summed E-state index contributed by atoms with van der Waals surface area (Å²) in [5.74, 6) is 0.403. The molecule has 16 heavy (non-hydrogen) atoms. The molecule has 1 aliphatic rings. The van der Waals surface area contributed by atoms with Crippen molar-refractivity contribution in [2.45, 2.75) is 24.8 Å². The average molecular weight is 285 g/mol. The molecule has 0 atom stereocenters. The van der Waals surface area contributed by atoms with Crippen molar-refractivity contribution in [3.63, 3.8) is 0 Å². The molecule has 1 amide bonds. The molecule has 1 heterocycles. The van der Waals surface area contributed by atoms with Gasteiger partial charge in [0.25, 0.3) is 0 Å². The van der Waals surface area contributed by atoms with Crippen LogP contribution in [0.3, 0.4) is 0 Å². The van der Waals surface area contributed by atoms with Gasteiger partial charge in [0, 0.05) is 35.4 Å². The molecule has 0 unspecified atom stereocenters. The van der Waals surface area contributed by atoms with Crippen molar-refractivity contribution in [2.75, 3.05) is 7.05 Å². The van der Waals surface area contributed by atoms with E-state index >= 15 is 0 Å². The molecule has 1 aliphatic carbocycles. The molecule has 0 bridgehead atoms. The molecule has 5 heteroatoms. The maximum Gasteiger partial charge on any atom is 0.407 e. The van der Waals surface area contributed by atoms with E-state index in [-0.39, 0.29) is 6.04 Å². The van der Waals surface area contributed by atoms with Crippen molar-refractivity contribution in [3.8, 4) is 0 Å². The summed E-state index contributed by atoms with van der Waals surface area (Å²) in [6.45, 7) is 0. The second kappa shape index (κ2) is 4.41. The number of hydrogen-bond donors (Lipinski definition) is 1. The molecule has 0 radical (unpaired) electrons. The normalized spacial score (nSPS) is 23.6. The van der Waals surface area contributed by atoms with Crippen molar-refractivity contribution >= 4 is 22.0 Å². The quantitative estimate of drug-likeness (QED) is 0.909. The Morgan fingerprint density at radius 1 is 1.56 bits per heavy atom. The van der Waals surface area contributed by atoms with Gasteiger partial charge in [-0.15, -0.1) is 0 Å². The highest BCUT2D eigenvalue weighted by molar-refractivity contribution is 9.10. The first-order chi connectivity index (χ1) is 7.58. The number of aromatic nitrogens is 1. The van der Waals surface area contributed by atoms with Gasteiger partial charge in [-0.2, -0.15) is 0 Å². The topological polar surface area (TPSA) is 53.4 Å². The highest BCUT2D eigenvalue weighted by Crippen LogP contribution is 2.38. The van der Waals surface area contributed by atoms with E-state index in [1.807, 2.05) is 12.1 Å². The summed E-state index contributed by atoms with van der Waals surface area (Å²) in [4.78, 5) is 16.4. The Balaban J connectivity index is 1.93. The van der Waals surface area contributed by atoms with E-state index in [0.717, 1.165) is 23.0 Å². The first-order valence-electron chi connectivity index (χ1n) is 5.15. The highest BCUT2D eigenvalue weighted by atomic mass is 79.9. The molecule has 1 N–H and O–H groups in total. The minimum Gasteiger partial charge on any atom is -0.465 e. The molecule has 1 aromatic rings. The maximum atomic E-state index is 10.7. The summed E-state index contributed by atoms with van der Waals surface area (Å²) in [5, 5.41) is 8.81. The molecule has 0 spiro atoms. The highest BCUT2D eigenvalue weighted by Gasteiger charge is 2.35. The first-order valence-corrected chi connectivity index (χ1v) is 5.94. The lowest BCUT2D eigenvalue weighted by atomic mass is 9.77. The van der Waals surface area contributed by atoms with Crippen LogP contribution in [0.2, 0.25) is 0 Å². The van der Waals surface area contributed by atoms with Crippen LogP contribution < -0.4 is 0 Å². The fraction of sp³-hybridized carbons (Fsp3) is 0.455. The molecule has 0 aliphatic heterocycles. The van der Waals surface area contributed by atoms with Crippen LogP contribution in [-0.2, 0) is 0 Å². The van der Waals surface area contributed by atoms with E-state index < -0.39 is 6.09 Å². The van der Waals surface area contributed by atoms with E-state index in [4.69, 9.17) is 5.11 Å². The smallest absolute Gasteiger partial charge is 0.407 e. The van der Waals surface area contributed by atoms with E-state index in [9.17, 15) is 4.79 Å². The van der Waals surface area contributed by atoms with Gasteiger partial charge in [-0.3, -0.25) is 4.98 Å². The molecule has 1 fully saturated rings. The Kier molecular flexibility index (Phi) is 3.14. The van der Waals surface area contributed by atoms with Crippen molar-refractivity contribution < 1.29 is 9.90 Å². The third kappa shape index (κ3) is 2.19. The van der Waals surface area contributed by atoms with Crippen molar-refractivity contribution in [1.82, 2.24) is 9.88 Å². The molecule has 0 saturated heterocycles. The van der Waals surface area contributed by atoms with E-state index in [2.05, 4.69) is 20.9 Å². The lowest BCUT2D eigenvalue weighted by Crippen LogP contribution is -2.44. The van der Waals surface area contributed by atoms with Crippen LogP contribution in [0.15, 0.2) is 22.8 Å². The average Bonchev–Trinajstić information content (AvgIpc) is 2.18. The molecule has 1 saturated carbocycles. The molecular formula is C11H13BrN2O2. The fourth-order valence-corrected chi connectivity index (χ4v) is 2.17. The van der Waals surface area contributed by atoms with Gasteiger partial charge in [0.2, 0.25) is 0 Å². The zero-order chi connectivity index (χ0) is 11.7. The standard InChI is InChI=1S/C11H13BrN2O2/c1-14(11(15)16)9-4-7(5-9)10-3-2-8(12)6-13-10/h2-3,6-7,9H,4-5H2,1H3,(H,15,16). The molecule has 0 aromatic carbocycles. The van der Waals surface area contributed by atoms with Crippen LogP contribution in [0.25, 0.3) is 0 Å². The van der Waals surface area contributed by atoms with E-state index in [1.54, 1.807) is 13.2 Å². The van der Waals surface area contributed by atoms with Crippen LogP contribution in [0.4, 0.5) is 4.79 Å². The van der Waals surface area contributed by atoms with Gasteiger partial charge in [-0.1, -0.05) is 0 Å². The SMILES string of the molecule is CN(C(=O)O)C1CC(c2ccc(Br)cn2)C1. The Morgan fingerprint density at radius 2 is 2.25 bits per heavy atom. The van der Waals surface area contributed by atoms with Gasteiger partial charge in [-0.25, -0.2) is 4.79 Å². The number of rotatable bonds is 2. The van der Waals surface area contributed by atoms with Gasteiger partial charge >= 0.3 is 6.09 Å². The third-order valence-corrected chi connectivity index (χ3v) is 3.60. The Bertz CT molecular complexity index is 387. The number of carbonyl (C=O) groups is 1. The number of nitrogens with zero attached hydrogens (tertiary/aromatic N) is 2. The lowest BCUT2D eigenvalue weighted by molar-refractivity contribution is 0.104. The number of amides is 1. The van der Waals surface area contributed by atoms with Gasteiger partial charge in [0.15, 0.2) is 0 Å². The van der Waals surface area contributed by atoms with Crippen LogP contribution >= 0.6 is 15.9 Å². The summed E-state index contributed by atoms with van der Waals surface area (Å²) in [6, 6.07) is 4.11. The van der Waals surface area contributed by atoms with Gasteiger partial charge in [0.1, 0.15) is 0 Å². The largest absolute Gasteiger partial charge is 0.465 e. The zero-order valence-corrected chi connectivity index (χ0v) is 10.5. The van der Waals surface area contributed by atoms with Crippen molar-refractivity contribution in [2.24, 2.45) is 0 Å². The predicted molar refractivity (Wildman–Crippen MR) is 63.5 cm³/mol. The molecule has 1 aromatic heterocycles. The second-order valence-corrected chi connectivity index (χ2v) is 5.03. The Morgan fingerprint density at radius 3 is 2.75 bits per heavy atom. The number of halogens is 1. The van der Waals surface area contributed by atoms with Crippen molar-refractivity contribution in [1.29, 1.82) is 0 Å². The summed E-state index contributed by atoms with van der Waals surface area (Å²) in [7, 11) is 1.62. The molecule has 2 rings (SSSR count). The summed E-state index contributed by atoms with van der Waals surface area (Å²) >= 11 is 3.34. The lowest BCUT2D eigenvalue weighted by Gasteiger charge is -2.39. The maximum absolute atomic E-state index is 10.7. The minimum atomic E-state index is -0.854. The zero-order valence-electron chi connectivity index (χ0n) is 8.93. The summed E-state index contributed by atoms with van der Waals surface area (Å²) in [5.41, 5.74) is 1.05. The van der Waals surface area contributed by atoms with Gasteiger partial charge in [0.05, 0.1) is 0 Å². The molecular weight excluding hydrogens is 272 g/mol. The third-order valence-electron chi connectivity index (χ3n) is 3.13. The van der Waals surface area contributed by atoms with Crippen LogP contribution in [0.1, 0.15) is 24.5 Å². The fourth-order valence-electron chi connectivity index (χ4n) is 1.93.